The highest BCUT2D eigenvalue weighted by molar-refractivity contribution is 5.00. The van der Waals surface area contributed by atoms with Crippen molar-refractivity contribution in [2.75, 3.05) is 13.2 Å². The van der Waals surface area contributed by atoms with Gasteiger partial charge in [-0.1, -0.05) is 0 Å². The van der Waals surface area contributed by atoms with Crippen molar-refractivity contribution in [2.24, 2.45) is 0 Å². The van der Waals surface area contributed by atoms with E-state index < -0.39 is 29.6 Å². The second-order valence-corrected chi connectivity index (χ2v) is 6.00. The molecule has 0 unspecified atom stereocenters. The Morgan fingerprint density at radius 2 is 1.72 bits per heavy atom. The average Bonchev–Trinajstić information content (AvgIpc) is 2.71. The van der Waals surface area contributed by atoms with Crippen LogP contribution in [0.2, 0.25) is 0 Å². The number of ether oxygens (including phenoxy) is 5. The topological polar surface area (TPSA) is 66.4 Å². The fourth-order valence-electron chi connectivity index (χ4n) is 2.78. The lowest BCUT2D eigenvalue weighted by molar-refractivity contribution is -0.326. The summed E-state index contributed by atoms with van der Waals surface area (Å²) in [4.78, 5) is 0. The quantitative estimate of drug-likeness (QED) is 0.679. The minimum atomic E-state index is -1.14. The lowest BCUT2D eigenvalue weighted by Crippen LogP contribution is -2.61. The summed E-state index contributed by atoms with van der Waals surface area (Å²) in [7, 11) is 0. The molecular formula is C12H20O6. The molecule has 104 valence electrons. The van der Waals surface area contributed by atoms with Gasteiger partial charge in [0.1, 0.15) is 24.9 Å². The molecule has 0 aromatic heterocycles. The highest BCUT2D eigenvalue weighted by Crippen LogP contribution is 2.43. The molecule has 3 saturated heterocycles. The highest BCUT2D eigenvalue weighted by atomic mass is 16.9. The minimum Gasteiger partial charge on any atom is -0.385 e. The first kappa shape index (κ1) is 12.8. The fourth-order valence-corrected chi connectivity index (χ4v) is 2.78. The maximum atomic E-state index is 10.5. The highest BCUT2D eigenvalue weighted by Gasteiger charge is 2.62. The lowest BCUT2D eigenvalue weighted by Gasteiger charge is -2.41. The Morgan fingerprint density at radius 1 is 1.00 bits per heavy atom. The normalized spacial score (nSPS) is 49.5. The lowest BCUT2D eigenvalue weighted by atomic mass is 9.97. The molecule has 0 radical (unpaired) electrons. The molecule has 0 amide bonds. The molecule has 3 aliphatic heterocycles. The number of aliphatic hydroxyl groups is 1. The molecule has 3 fully saturated rings. The number of fused-ring (bicyclic) bond motifs is 1. The van der Waals surface area contributed by atoms with Crippen LogP contribution in [0.15, 0.2) is 0 Å². The van der Waals surface area contributed by atoms with Gasteiger partial charge in [-0.25, -0.2) is 0 Å². The van der Waals surface area contributed by atoms with Crippen LogP contribution in [-0.4, -0.2) is 54.0 Å². The van der Waals surface area contributed by atoms with Crippen LogP contribution in [-0.2, 0) is 23.7 Å². The van der Waals surface area contributed by atoms with Gasteiger partial charge < -0.3 is 28.8 Å². The van der Waals surface area contributed by atoms with E-state index in [4.69, 9.17) is 23.7 Å². The third-order valence-corrected chi connectivity index (χ3v) is 3.51. The van der Waals surface area contributed by atoms with E-state index in [-0.39, 0.29) is 12.7 Å². The van der Waals surface area contributed by atoms with E-state index in [1.54, 1.807) is 13.8 Å². The summed E-state index contributed by atoms with van der Waals surface area (Å²) in [6.07, 6.45) is -1.65. The smallest absolute Gasteiger partial charge is 0.224 e. The van der Waals surface area contributed by atoms with Crippen LogP contribution in [0.3, 0.4) is 0 Å². The number of hydrogen-bond donors (Lipinski definition) is 1. The van der Waals surface area contributed by atoms with Crippen LogP contribution < -0.4 is 0 Å². The summed E-state index contributed by atoms with van der Waals surface area (Å²) in [6.45, 7) is 7.74. The summed E-state index contributed by atoms with van der Waals surface area (Å²) in [5.41, 5.74) is 0. The van der Waals surface area contributed by atoms with Crippen molar-refractivity contribution in [3.8, 4) is 0 Å². The molecule has 4 atom stereocenters. The van der Waals surface area contributed by atoms with Crippen molar-refractivity contribution < 1.29 is 28.8 Å². The number of aliphatic hydroxyl groups excluding tert-OH is 1. The monoisotopic (exact) mass is 260 g/mol. The molecule has 6 heteroatoms. The van der Waals surface area contributed by atoms with Crippen molar-refractivity contribution in [3.63, 3.8) is 0 Å². The zero-order chi connectivity index (χ0) is 13.2. The van der Waals surface area contributed by atoms with E-state index in [1.165, 1.54) is 0 Å². The van der Waals surface area contributed by atoms with Gasteiger partial charge in [-0.15, -0.1) is 0 Å². The first-order valence-electron chi connectivity index (χ1n) is 6.25. The Labute approximate surface area is 106 Å². The Balaban J connectivity index is 1.82. The number of rotatable bonds is 0. The van der Waals surface area contributed by atoms with Gasteiger partial charge in [-0.2, -0.15) is 0 Å². The zero-order valence-electron chi connectivity index (χ0n) is 11.1. The second kappa shape index (κ2) is 3.65. The van der Waals surface area contributed by atoms with E-state index >= 15 is 0 Å². The maximum Gasteiger partial charge on any atom is 0.224 e. The Bertz CT molecular complexity index is 352. The Hall–Kier alpha value is -0.240. The molecule has 1 N–H and O–H groups in total. The SMILES string of the molecule is CC1(C)O[C@H]2[C@H](CO[C@@]3(COC(C)(C)O3)[C@H]2O)O1. The third kappa shape index (κ3) is 1.88. The molecule has 0 aromatic carbocycles. The van der Waals surface area contributed by atoms with E-state index in [9.17, 15) is 5.11 Å². The van der Waals surface area contributed by atoms with Crippen molar-refractivity contribution >= 4 is 0 Å². The van der Waals surface area contributed by atoms with Crippen molar-refractivity contribution in [3.05, 3.63) is 0 Å². The predicted molar refractivity (Wildman–Crippen MR) is 59.6 cm³/mol. The van der Waals surface area contributed by atoms with Gasteiger partial charge >= 0.3 is 0 Å². The maximum absolute atomic E-state index is 10.5. The summed E-state index contributed by atoms with van der Waals surface area (Å²) < 4.78 is 28.3. The summed E-state index contributed by atoms with van der Waals surface area (Å²) in [5.74, 6) is -2.61. The molecule has 0 aliphatic carbocycles. The van der Waals surface area contributed by atoms with E-state index in [0.717, 1.165) is 0 Å². The van der Waals surface area contributed by atoms with Crippen molar-refractivity contribution in [2.45, 2.75) is 63.4 Å². The van der Waals surface area contributed by atoms with Crippen molar-refractivity contribution in [1.82, 2.24) is 0 Å². The number of hydrogen-bond acceptors (Lipinski definition) is 6. The van der Waals surface area contributed by atoms with Gasteiger partial charge in [-0.3, -0.25) is 0 Å². The van der Waals surface area contributed by atoms with Crippen LogP contribution in [0.5, 0.6) is 0 Å². The summed E-state index contributed by atoms with van der Waals surface area (Å²) >= 11 is 0. The van der Waals surface area contributed by atoms with E-state index in [1.807, 2.05) is 13.8 Å². The van der Waals surface area contributed by atoms with Gasteiger partial charge in [0.25, 0.3) is 0 Å². The van der Waals surface area contributed by atoms with Gasteiger partial charge in [-0.05, 0) is 27.7 Å². The third-order valence-electron chi connectivity index (χ3n) is 3.51. The molecule has 3 aliphatic rings. The van der Waals surface area contributed by atoms with Gasteiger partial charge in [0.15, 0.2) is 11.6 Å². The predicted octanol–water partition coefficient (Wildman–Crippen LogP) is 0.377. The van der Waals surface area contributed by atoms with E-state index in [0.29, 0.717) is 6.61 Å². The van der Waals surface area contributed by atoms with E-state index in [2.05, 4.69) is 0 Å². The largest absolute Gasteiger partial charge is 0.385 e. The summed E-state index contributed by atoms with van der Waals surface area (Å²) in [5, 5.41) is 10.5. The second-order valence-electron chi connectivity index (χ2n) is 6.00. The Kier molecular flexibility index (Phi) is 2.59. The molecule has 3 rings (SSSR count). The Morgan fingerprint density at radius 3 is 2.33 bits per heavy atom. The summed E-state index contributed by atoms with van der Waals surface area (Å²) in [6, 6.07) is 0. The average molecular weight is 260 g/mol. The molecule has 0 saturated carbocycles. The van der Waals surface area contributed by atoms with Gasteiger partial charge in [0.05, 0.1) is 6.61 Å². The first-order chi connectivity index (χ1) is 8.23. The molecule has 3 heterocycles. The fraction of sp³-hybridized carbons (Fsp3) is 1.00. The molecule has 6 nitrogen and oxygen atoms in total. The van der Waals surface area contributed by atoms with Crippen LogP contribution >= 0.6 is 0 Å². The minimum absolute atomic E-state index is 0.189. The molecule has 1 spiro atoms. The standard InChI is InChI=1S/C12H20O6/c1-10(2)15-6-12(18-10)9(13)8-7(5-14-12)16-11(3,4)17-8/h7-9,13H,5-6H2,1-4H3/t7-,8-,9-,12+/m0/s1. The van der Waals surface area contributed by atoms with Crippen LogP contribution in [0.4, 0.5) is 0 Å². The molecule has 0 aromatic rings. The first-order valence-corrected chi connectivity index (χ1v) is 6.25. The molecule has 18 heavy (non-hydrogen) atoms. The zero-order valence-corrected chi connectivity index (χ0v) is 11.1. The van der Waals surface area contributed by atoms with Gasteiger partial charge in [0, 0.05) is 0 Å². The van der Waals surface area contributed by atoms with Crippen LogP contribution in [0.1, 0.15) is 27.7 Å². The molecule has 0 bridgehead atoms. The van der Waals surface area contributed by atoms with Crippen LogP contribution in [0.25, 0.3) is 0 Å². The van der Waals surface area contributed by atoms with Gasteiger partial charge in [0.2, 0.25) is 5.79 Å². The van der Waals surface area contributed by atoms with Crippen LogP contribution in [0, 0.1) is 0 Å². The molecular weight excluding hydrogens is 240 g/mol. The van der Waals surface area contributed by atoms with Crippen molar-refractivity contribution in [1.29, 1.82) is 0 Å².